The lowest BCUT2D eigenvalue weighted by Crippen LogP contribution is -2.82. The van der Waals surface area contributed by atoms with Gasteiger partial charge in [0.05, 0.1) is 18.5 Å². The van der Waals surface area contributed by atoms with Crippen LogP contribution in [0.4, 0.5) is 5.69 Å². The Morgan fingerprint density at radius 2 is 1.80 bits per heavy atom. The van der Waals surface area contributed by atoms with E-state index in [1.807, 2.05) is 0 Å². The van der Waals surface area contributed by atoms with Crippen LogP contribution in [0.1, 0.15) is 80.4 Å². The number of nitrogens with two attached hydrogens (primary N) is 1. The van der Waals surface area contributed by atoms with Gasteiger partial charge in [0.15, 0.2) is 0 Å². The van der Waals surface area contributed by atoms with Gasteiger partial charge in [-0.15, -0.1) is 0 Å². The van der Waals surface area contributed by atoms with E-state index in [2.05, 4.69) is 64.5 Å². The molecular weight excluding hydrogens is 430 g/mol. The van der Waals surface area contributed by atoms with Crippen LogP contribution in [0.5, 0.6) is 0 Å². The number of likely N-dealkylation sites (tertiary alicyclic amines) is 1. The summed E-state index contributed by atoms with van der Waals surface area (Å²) in [6.07, 6.45) is 12.3. The number of amides is 1. The molecule has 35 heavy (non-hydrogen) atoms. The first-order valence-electron chi connectivity index (χ1n) is 14.3. The predicted octanol–water partition coefficient (Wildman–Crippen LogP) is 3.68. The predicted molar refractivity (Wildman–Crippen MR) is 139 cm³/mol. The van der Waals surface area contributed by atoms with Crippen LogP contribution in [-0.2, 0) is 16.6 Å². The highest BCUT2D eigenvalue weighted by Crippen LogP contribution is 2.47. The molecule has 4 aliphatic rings. The summed E-state index contributed by atoms with van der Waals surface area (Å²) in [4.78, 5) is 17.0. The van der Waals surface area contributed by atoms with E-state index in [0.717, 1.165) is 45.3 Å². The molecule has 0 bridgehead atoms. The smallest absolute Gasteiger partial charge is 0.232 e. The molecule has 0 radical (unpaired) electrons. The average Bonchev–Trinajstić information content (AvgIpc) is 3.33. The molecule has 2 aliphatic carbocycles. The molecule has 1 saturated carbocycles. The van der Waals surface area contributed by atoms with Crippen molar-refractivity contribution in [2.24, 2.45) is 11.8 Å². The molecule has 2 aliphatic heterocycles. The lowest BCUT2D eigenvalue weighted by Gasteiger charge is -2.47. The van der Waals surface area contributed by atoms with Crippen molar-refractivity contribution in [3.05, 3.63) is 65.2 Å². The number of carbonyl (C=O) groups is 1. The minimum atomic E-state index is -0.00817. The topological polar surface area (TPSA) is 64.6 Å². The highest BCUT2D eigenvalue weighted by molar-refractivity contribution is 5.82. The molecule has 1 spiro atoms. The van der Waals surface area contributed by atoms with E-state index in [9.17, 15) is 4.79 Å². The van der Waals surface area contributed by atoms with Crippen LogP contribution in [0.25, 0.3) is 0 Å². The Morgan fingerprint density at radius 1 is 0.971 bits per heavy atom. The molecule has 2 aromatic rings. The minimum absolute atomic E-state index is 0.00817. The van der Waals surface area contributed by atoms with Crippen molar-refractivity contribution >= 4 is 11.6 Å². The van der Waals surface area contributed by atoms with Gasteiger partial charge in [-0.2, -0.15) is 0 Å². The third-order valence-corrected chi connectivity index (χ3v) is 10.1. The van der Waals surface area contributed by atoms with Gasteiger partial charge in [-0.3, -0.25) is 4.79 Å². The van der Waals surface area contributed by atoms with Crippen LogP contribution in [0, 0.1) is 11.8 Å². The summed E-state index contributed by atoms with van der Waals surface area (Å²) in [5, 5.41) is 2.43. The Labute approximate surface area is 210 Å². The minimum Gasteiger partial charge on any atom is -0.345 e. The molecule has 4 atom stereocenters. The summed E-state index contributed by atoms with van der Waals surface area (Å²) >= 11 is 0. The number of hydrogen-bond donors (Lipinski definition) is 2. The first-order chi connectivity index (χ1) is 17.2. The number of nitrogens with zero attached hydrogens (tertiary/aromatic N) is 1. The van der Waals surface area contributed by atoms with Gasteiger partial charge in [0.25, 0.3) is 0 Å². The zero-order chi connectivity index (χ0) is 23.8. The van der Waals surface area contributed by atoms with Crippen molar-refractivity contribution < 1.29 is 15.8 Å². The quantitative estimate of drug-likeness (QED) is 0.702. The fourth-order valence-electron chi connectivity index (χ4n) is 8.36. The maximum atomic E-state index is 14.6. The second-order valence-corrected chi connectivity index (χ2v) is 11.9. The Hall–Kier alpha value is -2.17. The Balaban J connectivity index is 1.31. The van der Waals surface area contributed by atoms with E-state index in [0.29, 0.717) is 23.8 Å². The van der Waals surface area contributed by atoms with E-state index in [1.54, 1.807) is 0 Å². The average molecular weight is 474 g/mol. The van der Waals surface area contributed by atoms with Gasteiger partial charge < -0.3 is 16.0 Å². The third-order valence-electron chi connectivity index (χ3n) is 10.1. The van der Waals surface area contributed by atoms with Crippen molar-refractivity contribution in [2.75, 3.05) is 19.6 Å². The summed E-state index contributed by atoms with van der Waals surface area (Å²) < 4.78 is 0. The zero-order valence-corrected chi connectivity index (χ0v) is 21.3. The summed E-state index contributed by atoms with van der Waals surface area (Å²) in [6, 6.07) is 18.1. The largest absolute Gasteiger partial charge is 0.345 e. The normalized spacial score (nSPS) is 31.5. The van der Waals surface area contributed by atoms with Gasteiger partial charge in [-0.1, -0.05) is 61.7 Å². The first-order valence-corrected chi connectivity index (χ1v) is 14.3. The monoisotopic (exact) mass is 473 g/mol. The van der Waals surface area contributed by atoms with E-state index in [-0.39, 0.29) is 11.3 Å². The SMILES string of the molecule is [NH3+]c1cccc2c1CCC[C@]21C[NH2+]C[C@H]1C(=O)N1CC[C@@H](c2ccccc2)C[C@H]1C1CCCCC1. The van der Waals surface area contributed by atoms with Crippen LogP contribution < -0.4 is 11.1 Å². The second-order valence-electron chi connectivity index (χ2n) is 11.9. The summed E-state index contributed by atoms with van der Waals surface area (Å²) in [7, 11) is 0. The van der Waals surface area contributed by atoms with Crippen molar-refractivity contribution in [1.82, 2.24) is 4.90 Å². The van der Waals surface area contributed by atoms with E-state index in [1.165, 1.54) is 60.9 Å². The number of piperidine rings is 1. The van der Waals surface area contributed by atoms with Crippen LogP contribution in [0.2, 0.25) is 0 Å². The van der Waals surface area contributed by atoms with E-state index < -0.39 is 0 Å². The molecule has 5 N–H and O–H groups in total. The van der Waals surface area contributed by atoms with Crippen molar-refractivity contribution in [3.63, 3.8) is 0 Å². The lowest BCUT2D eigenvalue weighted by atomic mass is 9.63. The van der Waals surface area contributed by atoms with Crippen LogP contribution in [0.15, 0.2) is 48.5 Å². The molecule has 2 saturated heterocycles. The van der Waals surface area contributed by atoms with Crippen molar-refractivity contribution in [3.8, 4) is 0 Å². The van der Waals surface area contributed by atoms with Crippen LogP contribution in [-0.4, -0.2) is 36.5 Å². The molecule has 0 unspecified atom stereocenters. The second kappa shape index (κ2) is 9.71. The molecule has 3 fully saturated rings. The third kappa shape index (κ3) is 4.13. The fourth-order valence-corrected chi connectivity index (χ4v) is 8.36. The highest BCUT2D eigenvalue weighted by Gasteiger charge is 2.55. The molecule has 186 valence electrons. The lowest BCUT2D eigenvalue weighted by molar-refractivity contribution is -0.640. The van der Waals surface area contributed by atoms with Gasteiger partial charge in [-0.05, 0) is 74.0 Å². The van der Waals surface area contributed by atoms with E-state index in [4.69, 9.17) is 0 Å². The van der Waals surface area contributed by atoms with Crippen LogP contribution in [0.3, 0.4) is 0 Å². The molecule has 4 nitrogen and oxygen atoms in total. The molecule has 2 aromatic carbocycles. The molecule has 2 heterocycles. The Kier molecular flexibility index (Phi) is 6.45. The number of quaternary nitrogens is 2. The Morgan fingerprint density at radius 3 is 2.63 bits per heavy atom. The maximum Gasteiger partial charge on any atom is 0.232 e. The van der Waals surface area contributed by atoms with Gasteiger partial charge in [-0.25, -0.2) is 0 Å². The maximum absolute atomic E-state index is 14.6. The van der Waals surface area contributed by atoms with Gasteiger partial charge in [0.2, 0.25) is 5.91 Å². The number of hydrogen-bond acceptors (Lipinski definition) is 1. The van der Waals surface area contributed by atoms with Crippen molar-refractivity contribution in [2.45, 2.75) is 81.6 Å². The molecule has 1 amide bonds. The first kappa shape index (κ1) is 23.2. The summed E-state index contributed by atoms with van der Waals surface area (Å²) in [5.74, 6) is 1.82. The summed E-state index contributed by atoms with van der Waals surface area (Å²) in [6.45, 7) is 2.92. The fraction of sp³-hybridized carbons (Fsp3) is 0.581. The highest BCUT2D eigenvalue weighted by atomic mass is 16.2. The molecular formula is C31H43N3O+2. The Bertz CT molecular complexity index is 1050. The zero-order valence-electron chi connectivity index (χ0n) is 21.3. The van der Waals surface area contributed by atoms with Gasteiger partial charge in [0.1, 0.15) is 11.6 Å². The number of rotatable bonds is 3. The molecule has 0 aromatic heterocycles. The summed E-state index contributed by atoms with van der Waals surface area (Å²) in [5.41, 5.74) is 9.85. The van der Waals surface area contributed by atoms with Gasteiger partial charge in [0, 0.05) is 18.2 Å². The standard InChI is InChI=1S/C31H41N3O/c32-28-15-7-14-26-25(28)13-8-17-31(26)21-33-20-27(31)30(35)34-18-16-24(22-9-3-1-4-10-22)19-29(34)23-11-5-2-6-12-23/h1,3-4,7,9-10,14-15,23-24,27,29,33H,2,5-6,8,11-13,16-21,32H2/p+2/t24-,27+,29+,31+/m1/s1. The molecule has 6 rings (SSSR count). The number of benzene rings is 2. The van der Waals surface area contributed by atoms with Crippen molar-refractivity contribution in [1.29, 1.82) is 0 Å². The van der Waals surface area contributed by atoms with E-state index >= 15 is 0 Å². The van der Waals surface area contributed by atoms with Crippen LogP contribution >= 0.6 is 0 Å². The van der Waals surface area contributed by atoms with Gasteiger partial charge >= 0.3 is 0 Å². The number of carbonyl (C=O) groups excluding carboxylic acids is 1. The molecule has 4 heteroatoms. The number of fused-ring (bicyclic) bond motifs is 2.